The zero-order chi connectivity index (χ0) is 17.8. The van der Waals surface area contributed by atoms with E-state index >= 15 is 0 Å². The van der Waals surface area contributed by atoms with Gasteiger partial charge in [0.05, 0.1) is 11.5 Å². The summed E-state index contributed by atoms with van der Waals surface area (Å²) in [5.41, 5.74) is 0.841. The first kappa shape index (κ1) is 24.2. The quantitative estimate of drug-likeness (QED) is 0.233. The lowest BCUT2D eigenvalue weighted by molar-refractivity contribution is 0.549. The number of nitrogens with one attached hydrogen (secondary N) is 2. The molecule has 25 heavy (non-hydrogen) atoms. The minimum absolute atomic E-state index is 0. The van der Waals surface area contributed by atoms with Gasteiger partial charge in [0.1, 0.15) is 0 Å². The molecule has 7 heteroatoms. The molecule has 5 nitrogen and oxygen atoms in total. The average Bonchev–Trinajstić information content (AvgIpc) is 2.53. The van der Waals surface area contributed by atoms with Crippen LogP contribution in [0.15, 0.2) is 35.3 Å². The van der Waals surface area contributed by atoms with Crippen molar-refractivity contribution in [2.75, 3.05) is 25.9 Å². The number of hydrogen-bond acceptors (Lipinski definition) is 3. The number of nitrogens with zero attached hydrogens (tertiary/aromatic N) is 1. The maximum absolute atomic E-state index is 12.1. The van der Waals surface area contributed by atoms with Crippen LogP contribution in [0.4, 0.5) is 0 Å². The summed E-state index contributed by atoms with van der Waals surface area (Å²) in [7, 11) is -1.34. The predicted octanol–water partition coefficient (Wildman–Crippen LogP) is 3.21. The Morgan fingerprint density at radius 3 is 2.24 bits per heavy atom. The molecule has 0 atom stereocenters. The maximum atomic E-state index is 12.1. The van der Waals surface area contributed by atoms with Crippen molar-refractivity contribution in [3.8, 4) is 0 Å². The molecule has 1 aromatic carbocycles. The molecule has 1 rings (SSSR count). The monoisotopic (exact) mass is 481 g/mol. The number of sulfone groups is 1. The van der Waals surface area contributed by atoms with E-state index < -0.39 is 9.84 Å². The molecule has 0 saturated heterocycles. The second-order valence-corrected chi connectivity index (χ2v) is 8.58. The van der Waals surface area contributed by atoms with Crippen molar-refractivity contribution in [2.24, 2.45) is 10.9 Å². The van der Waals surface area contributed by atoms with E-state index in [4.69, 9.17) is 0 Å². The van der Waals surface area contributed by atoms with Gasteiger partial charge in [0, 0.05) is 20.1 Å². The Morgan fingerprint density at radius 2 is 1.68 bits per heavy atom. The molecule has 0 aromatic heterocycles. The van der Waals surface area contributed by atoms with Crippen molar-refractivity contribution >= 4 is 39.8 Å². The minimum Gasteiger partial charge on any atom is -0.356 e. The zero-order valence-corrected chi connectivity index (χ0v) is 18.6. The van der Waals surface area contributed by atoms with Gasteiger partial charge in [-0.25, -0.2) is 8.42 Å². The molecule has 0 unspecified atom stereocenters. The molecule has 0 spiro atoms. The van der Waals surface area contributed by atoms with Gasteiger partial charge in [-0.15, -0.1) is 24.0 Å². The van der Waals surface area contributed by atoms with Gasteiger partial charge in [0.25, 0.3) is 0 Å². The molecule has 144 valence electrons. The topological polar surface area (TPSA) is 70.6 Å². The van der Waals surface area contributed by atoms with E-state index in [2.05, 4.69) is 29.5 Å². The van der Waals surface area contributed by atoms with Crippen LogP contribution in [0.1, 0.15) is 38.7 Å². The molecule has 2 N–H and O–H groups in total. The van der Waals surface area contributed by atoms with E-state index in [1.165, 1.54) is 6.42 Å². The second kappa shape index (κ2) is 13.4. The highest BCUT2D eigenvalue weighted by atomic mass is 127. The average molecular weight is 481 g/mol. The summed E-state index contributed by atoms with van der Waals surface area (Å²) in [6.45, 7) is 5.90. The molecule has 0 amide bonds. The third-order valence-corrected chi connectivity index (χ3v) is 5.31. The second-order valence-electron chi connectivity index (χ2n) is 6.39. The summed E-state index contributed by atoms with van der Waals surface area (Å²) in [5.74, 6) is 1.73. The zero-order valence-electron chi connectivity index (χ0n) is 15.5. The molecule has 0 heterocycles. The fraction of sp³-hybridized carbons (Fsp3) is 0.611. The van der Waals surface area contributed by atoms with Crippen LogP contribution < -0.4 is 10.6 Å². The number of guanidine groups is 1. The Morgan fingerprint density at radius 1 is 1.08 bits per heavy atom. The summed E-state index contributed by atoms with van der Waals surface area (Å²) in [6, 6.07) is 9.31. The van der Waals surface area contributed by atoms with Crippen molar-refractivity contribution in [1.82, 2.24) is 10.6 Å². The predicted molar refractivity (Wildman–Crippen MR) is 117 cm³/mol. The van der Waals surface area contributed by atoms with Gasteiger partial charge < -0.3 is 10.6 Å². The third kappa shape index (κ3) is 12.2. The lowest BCUT2D eigenvalue weighted by Gasteiger charge is -2.12. The summed E-state index contributed by atoms with van der Waals surface area (Å²) < 4.78 is 24.2. The summed E-state index contributed by atoms with van der Waals surface area (Å²) in [5, 5.41) is 6.42. The molecule has 0 fully saturated rings. The van der Waals surface area contributed by atoms with Crippen LogP contribution in [-0.2, 0) is 15.6 Å². The van der Waals surface area contributed by atoms with Crippen LogP contribution in [0.5, 0.6) is 0 Å². The third-order valence-electron chi connectivity index (χ3n) is 3.63. The Hall–Kier alpha value is -0.830. The standard InChI is InChI=1S/C18H31N3O2S.HI/c1-16(2)9-7-12-20-18(19-3)21-13-8-14-24(22,23)15-17-10-5-4-6-11-17;/h4-6,10-11,16H,7-9,12-15H2,1-3H3,(H2,19,20,21);1H. The van der Waals surface area contributed by atoms with Crippen molar-refractivity contribution in [3.63, 3.8) is 0 Å². The number of aliphatic imine (C=N–C) groups is 1. The molecule has 0 radical (unpaired) electrons. The van der Waals surface area contributed by atoms with Crippen LogP contribution in [0.25, 0.3) is 0 Å². The van der Waals surface area contributed by atoms with Gasteiger partial charge in [-0.1, -0.05) is 44.2 Å². The maximum Gasteiger partial charge on any atom is 0.190 e. The smallest absolute Gasteiger partial charge is 0.190 e. The van der Waals surface area contributed by atoms with Gasteiger partial charge in [-0.3, -0.25) is 4.99 Å². The molecule has 1 aromatic rings. The van der Waals surface area contributed by atoms with E-state index in [9.17, 15) is 8.42 Å². The molecule has 0 saturated carbocycles. The highest BCUT2D eigenvalue weighted by Gasteiger charge is 2.11. The summed E-state index contributed by atoms with van der Waals surface area (Å²) in [4.78, 5) is 4.15. The number of hydrogen-bond donors (Lipinski definition) is 2. The Balaban J connectivity index is 0.00000576. The normalized spacial score (nSPS) is 11.9. The van der Waals surface area contributed by atoms with Crippen LogP contribution in [0, 0.1) is 5.92 Å². The van der Waals surface area contributed by atoms with Gasteiger partial charge >= 0.3 is 0 Å². The molecule has 0 aliphatic rings. The highest BCUT2D eigenvalue weighted by molar-refractivity contribution is 14.0. The van der Waals surface area contributed by atoms with Crippen molar-refractivity contribution < 1.29 is 8.42 Å². The van der Waals surface area contributed by atoms with Gasteiger partial charge in [-0.05, 0) is 30.7 Å². The number of benzene rings is 1. The first-order valence-corrected chi connectivity index (χ1v) is 10.4. The van der Waals surface area contributed by atoms with Crippen LogP contribution >= 0.6 is 24.0 Å². The van der Waals surface area contributed by atoms with Gasteiger partial charge in [-0.2, -0.15) is 0 Å². The lowest BCUT2D eigenvalue weighted by Crippen LogP contribution is -2.38. The van der Waals surface area contributed by atoms with Crippen LogP contribution in [-0.4, -0.2) is 40.3 Å². The number of halogens is 1. The minimum atomic E-state index is -3.07. The summed E-state index contributed by atoms with van der Waals surface area (Å²) in [6.07, 6.45) is 2.85. The van der Waals surface area contributed by atoms with E-state index in [0.29, 0.717) is 18.9 Å². The lowest BCUT2D eigenvalue weighted by atomic mass is 10.1. The largest absolute Gasteiger partial charge is 0.356 e. The molecule has 0 aliphatic heterocycles. The molecule has 0 bridgehead atoms. The molecule has 0 aliphatic carbocycles. The van der Waals surface area contributed by atoms with Crippen molar-refractivity contribution in [3.05, 3.63) is 35.9 Å². The fourth-order valence-electron chi connectivity index (χ4n) is 2.34. The SMILES string of the molecule is CN=C(NCCCC(C)C)NCCCS(=O)(=O)Cc1ccccc1.I. The highest BCUT2D eigenvalue weighted by Crippen LogP contribution is 2.07. The Bertz CT molecular complexity index is 590. The van der Waals surface area contributed by atoms with Crippen molar-refractivity contribution in [2.45, 2.75) is 38.9 Å². The van der Waals surface area contributed by atoms with Gasteiger partial charge in [0.15, 0.2) is 15.8 Å². The van der Waals surface area contributed by atoms with E-state index in [1.54, 1.807) is 7.05 Å². The first-order valence-electron chi connectivity index (χ1n) is 8.62. The van der Waals surface area contributed by atoms with Crippen LogP contribution in [0.3, 0.4) is 0 Å². The Labute approximate surface area is 170 Å². The summed E-state index contributed by atoms with van der Waals surface area (Å²) >= 11 is 0. The van der Waals surface area contributed by atoms with Crippen molar-refractivity contribution in [1.29, 1.82) is 0 Å². The van der Waals surface area contributed by atoms with E-state index in [0.717, 1.165) is 24.5 Å². The number of rotatable bonds is 10. The Kier molecular flexibility index (Phi) is 12.9. The van der Waals surface area contributed by atoms with E-state index in [-0.39, 0.29) is 35.5 Å². The van der Waals surface area contributed by atoms with E-state index in [1.807, 2.05) is 30.3 Å². The van der Waals surface area contributed by atoms with Crippen LogP contribution in [0.2, 0.25) is 0 Å². The first-order chi connectivity index (χ1) is 11.4. The van der Waals surface area contributed by atoms with Gasteiger partial charge in [0.2, 0.25) is 0 Å². The molecular formula is C18H32IN3O2S. The molecular weight excluding hydrogens is 449 g/mol. The fourth-order valence-corrected chi connectivity index (χ4v) is 3.77.